The molecule has 2 nitrogen and oxygen atoms in total. The molecule has 0 atom stereocenters. The molecule has 2 heteroatoms. The van der Waals surface area contributed by atoms with E-state index in [-0.39, 0.29) is 16.7 Å². The Morgan fingerprint density at radius 1 is 1.11 bits per heavy atom. The van der Waals surface area contributed by atoms with Crippen LogP contribution in [0.1, 0.15) is 39.7 Å². The van der Waals surface area contributed by atoms with Crippen LogP contribution in [0.4, 0.5) is 0 Å². The molecular weight excluding hydrogens is 236 g/mol. The maximum Gasteiger partial charge on any atom is 0.137 e. The van der Waals surface area contributed by atoms with Gasteiger partial charge in [-0.25, -0.2) is 0 Å². The fraction of sp³-hybridized carbons (Fsp3) is 0.588. The molecule has 1 aromatic carbocycles. The van der Waals surface area contributed by atoms with Crippen LogP contribution in [0.15, 0.2) is 24.3 Å². The summed E-state index contributed by atoms with van der Waals surface area (Å²) in [4.78, 5) is 12.3. The number of ketones is 1. The number of ether oxygens (including phenoxy) is 1. The van der Waals surface area contributed by atoms with Gasteiger partial charge in [0.05, 0.1) is 7.11 Å². The highest BCUT2D eigenvalue weighted by atomic mass is 16.5. The minimum atomic E-state index is 0.157. The van der Waals surface area contributed by atoms with Gasteiger partial charge in [-0.3, -0.25) is 4.79 Å². The zero-order valence-electron chi connectivity index (χ0n) is 12.6. The van der Waals surface area contributed by atoms with Crippen molar-refractivity contribution in [1.29, 1.82) is 0 Å². The highest BCUT2D eigenvalue weighted by Gasteiger charge is 2.67. The van der Waals surface area contributed by atoms with Crippen LogP contribution in [0, 0.1) is 16.7 Å². The van der Waals surface area contributed by atoms with Crippen molar-refractivity contribution in [2.45, 2.75) is 40.5 Å². The summed E-state index contributed by atoms with van der Waals surface area (Å²) in [5.74, 6) is 1.49. The number of benzene rings is 1. The molecule has 0 spiro atoms. The SMILES string of the molecule is COc1ccc(CCC(=O)C2C(C)(C)C2(C)C)cc1. The third kappa shape index (κ3) is 2.41. The van der Waals surface area contributed by atoms with Crippen LogP contribution in [-0.4, -0.2) is 12.9 Å². The second kappa shape index (κ2) is 4.66. The lowest BCUT2D eigenvalue weighted by Gasteiger charge is -2.04. The molecule has 0 N–H and O–H groups in total. The smallest absolute Gasteiger partial charge is 0.137 e. The Hall–Kier alpha value is -1.31. The van der Waals surface area contributed by atoms with Gasteiger partial charge in [-0.2, -0.15) is 0 Å². The van der Waals surface area contributed by atoms with Gasteiger partial charge in [0.2, 0.25) is 0 Å². The first-order valence-electron chi connectivity index (χ1n) is 6.96. The summed E-state index contributed by atoms with van der Waals surface area (Å²) in [5.41, 5.74) is 1.51. The van der Waals surface area contributed by atoms with Gasteiger partial charge in [-0.05, 0) is 34.9 Å². The average molecular weight is 260 g/mol. The maximum atomic E-state index is 12.3. The van der Waals surface area contributed by atoms with E-state index >= 15 is 0 Å². The predicted molar refractivity (Wildman–Crippen MR) is 77.4 cm³/mol. The molecule has 2 rings (SSSR count). The maximum absolute atomic E-state index is 12.3. The molecule has 0 unspecified atom stereocenters. The average Bonchev–Trinajstić information content (AvgIpc) is 2.77. The number of aryl methyl sites for hydroxylation is 1. The van der Waals surface area contributed by atoms with Crippen molar-refractivity contribution in [2.24, 2.45) is 16.7 Å². The molecule has 0 radical (unpaired) electrons. The lowest BCUT2D eigenvalue weighted by molar-refractivity contribution is -0.121. The number of methoxy groups -OCH3 is 1. The number of carbonyl (C=O) groups excluding carboxylic acids is 1. The fourth-order valence-corrected chi connectivity index (χ4v) is 3.21. The highest BCUT2D eigenvalue weighted by molar-refractivity contribution is 5.86. The second-order valence-corrected chi connectivity index (χ2v) is 6.69. The van der Waals surface area contributed by atoms with Crippen LogP contribution in [-0.2, 0) is 11.2 Å². The quantitative estimate of drug-likeness (QED) is 0.803. The number of carbonyl (C=O) groups is 1. The van der Waals surface area contributed by atoms with Crippen molar-refractivity contribution >= 4 is 5.78 Å². The molecule has 1 saturated carbocycles. The van der Waals surface area contributed by atoms with Gasteiger partial charge >= 0.3 is 0 Å². The first kappa shape index (κ1) is 14.1. The molecule has 0 amide bonds. The summed E-state index contributed by atoms with van der Waals surface area (Å²) in [7, 11) is 1.66. The van der Waals surface area contributed by atoms with Crippen molar-refractivity contribution in [3.05, 3.63) is 29.8 Å². The van der Waals surface area contributed by atoms with E-state index in [0.717, 1.165) is 12.2 Å². The molecule has 19 heavy (non-hydrogen) atoms. The van der Waals surface area contributed by atoms with E-state index in [1.165, 1.54) is 5.56 Å². The van der Waals surface area contributed by atoms with Crippen molar-refractivity contribution in [3.63, 3.8) is 0 Å². The Labute approximate surface area is 116 Å². The van der Waals surface area contributed by atoms with Crippen molar-refractivity contribution < 1.29 is 9.53 Å². The molecule has 0 heterocycles. The van der Waals surface area contributed by atoms with Crippen LogP contribution in [0.2, 0.25) is 0 Å². The van der Waals surface area contributed by atoms with Gasteiger partial charge in [-0.1, -0.05) is 39.8 Å². The Bertz CT molecular complexity index is 455. The summed E-state index contributed by atoms with van der Waals surface area (Å²) in [6.45, 7) is 8.79. The van der Waals surface area contributed by atoms with E-state index in [2.05, 4.69) is 27.7 Å². The number of Topliss-reactive ketones (excluding diaryl/α,β-unsaturated/α-hetero) is 1. The number of hydrogen-bond donors (Lipinski definition) is 0. The summed E-state index contributed by atoms with van der Waals surface area (Å²) in [6, 6.07) is 7.97. The Kier molecular flexibility index (Phi) is 3.46. The molecule has 1 aromatic rings. The third-order valence-electron chi connectivity index (χ3n) is 5.16. The van der Waals surface area contributed by atoms with Crippen molar-refractivity contribution in [1.82, 2.24) is 0 Å². The van der Waals surface area contributed by atoms with E-state index in [1.54, 1.807) is 7.11 Å². The van der Waals surface area contributed by atoms with Crippen molar-refractivity contribution in [3.8, 4) is 5.75 Å². The molecular formula is C17H24O2. The van der Waals surface area contributed by atoms with Gasteiger partial charge in [0.15, 0.2) is 0 Å². The van der Waals surface area contributed by atoms with Gasteiger partial charge in [0.25, 0.3) is 0 Å². The van der Waals surface area contributed by atoms with Crippen LogP contribution < -0.4 is 4.74 Å². The highest BCUT2D eigenvalue weighted by Crippen LogP contribution is 2.68. The van der Waals surface area contributed by atoms with Gasteiger partial charge in [0, 0.05) is 12.3 Å². The number of rotatable bonds is 5. The van der Waals surface area contributed by atoms with Crippen LogP contribution in [0.5, 0.6) is 5.75 Å². The standard InChI is InChI=1S/C17H24O2/c1-16(2)15(17(16,3)4)14(18)11-8-12-6-9-13(19-5)10-7-12/h6-7,9-10,15H,8,11H2,1-5H3. The Morgan fingerprint density at radius 3 is 2.05 bits per heavy atom. The molecule has 104 valence electrons. The summed E-state index contributed by atoms with van der Waals surface area (Å²) in [6.07, 6.45) is 1.47. The second-order valence-electron chi connectivity index (χ2n) is 6.69. The Balaban J connectivity index is 1.91. The Morgan fingerprint density at radius 2 is 1.63 bits per heavy atom. The molecule has 0 aromatic heterocycles. The first-order valence-corrected chi connectivity index (χ1v) is 6.96. The van der Waals surface area contributed by atoms with Crippen molar-refractivity contribution in [2.75, 3.05) is 7.11 Å². The largest absolute Gasteiger partial charge is 0.497 e. The van der Waals surface area contributed by atoms with E-state index < -0.39 is 0 Å². The number of hydrogen-bond acceptors (Lipinski definition) is 2. The van der Waals surface area contributed by atoms with Gasteiger partial charge in [-0.15, -0.1) is 0 Å². The fourth-order valence-electron chi connectivity index (χ4n) is 3.21. The van der Waals surface area contributed by atoms with E-state index in [0.29, 0.717) is 12.2 Å². The van der Waals surface area contributed by atoms with E-state index in [9.17, 15) is 4.79 Å². The zero-order chi connectivity index (χ0) is 14.3. The van der Waals surface area contributed by atoms with Gasteiger partial charge in [0.1, 0.15) is 11.5 Å². The molecule has 0 saturated heterocycles. The lowest BCUT2D eigenvalue weighted by Crippen LogP contribution is -2.08. The molecule has 0 bridgehead atoms. The van der Waals surface area contributed by atoms with E-state index in [1.807, 2.05) is 24.3 Å². The van der Waals surface area contributed by atoms with Crippen LogP contribution in [0.3, 0.4) is 0 Å². The predicted octanol–water partition coefficient (Wildman–Crippen LogP) is 3.88. The molecule has 1 aliphatic rings. The summed E-state index contributed by atoms with van der Waals surface area (Å²) in [5, 5.41) is 0. The van der Waals surface area contributed by atoms with Gasteiger partial charge < -0.3 is 4.74 Å². The lowest BCUT2D eigenvalue weighted by atomic mass is 10.0. The molecule has 1 fully saturated rings. The molecule has 1 aliphatic carbocycles. The third-order valence-corrected chi connectivity index (χ3v) is 5.16. The van der Waals surface area contributed by atoms with E-state index in [4.69, 9.17) is 4.74 Å². The minimum Gasteiger partial charge on any atom is -0.497 e. The zero-order valence-corrected chi connectivity index (χ0v) is 12.6. The topological polar surface area (TPSA) is 26.3 Å². The van der Waals surface area contributed by atoms with Crippen LogP contribution >= 0.6 is 0 Å². The minimum absolute atomic E-state index is 0.157. The normalized spacial score (nSPS) is 20.1. The van der Waals surface area contributed by atoms with Crippen LogP contribution in [0.25, 0.3) is 0 Å². The molecule has 0 aliphatic heterocycles. The monoisotopic (exact) mass is 260 g/mol. The first-order chi connectivity index (χ1) is 8.80. The summed E-state index contributed by atoms with van der Waals surface area (Å²) >= 11 is 0. The summed E-state index contributed by atoms with van der Waals surface area (Å²) < 4.78 is 5.13.